The monoisotopic (exact) mass is 444 g/mol. The van der Waals surface area contributed by atoms with Crippen molar-refractivity contribution in [2.75, 3.05) is 11.9 Å². The van der Waals surface area contributed by atoms with Crippen LogP contribution in [0.5, 0.6) is 5.75 Å². The lowest BCUT2D eigenvalue weighted by atomic mass is 10.2. The number of hydrogen-bond acceptors (Lipinski definition) is 5. The van der Waals surface area contributed by atoms with Gasteiger partial charge in [-0.25, -0.2) is 4.98 Å². The Morgan fingerprint density at radius 3 is 2.74 bits per heavy atom. The molecular weight excluding hydrogens is 425 g/mol. The van der Waals surface area contributed by atoms with Crippen LogP contribution >= 0.6 is 11.8 Å². The fourth-order valence-electron chi connectivity index (χ4n) is 3.02. The van der Waals surface area contributed by atoms with E-state index in [9.17, 15) is 13.2 Å². The smallest absolute Gasteiger partial charge is 0.433 e. The molecule has 0 spiro atoms. The fraction of sp³-hybridized carbons (Fsp3) is 0.182. The second kappa shape index (κ2) is 8.89. The minimum absolute atomic E-state index is 0.409. The molecule has 160 valence electrons. The lowest BCUT2D eigenvalue weighted by Crippen LogP contribution is -2.07. The molecular formula is C22H19F3N4OS. The van der Waals surface area contributed by atoms with Crippen LogP contribution in [0, 0.1) is 0 Å². The van der Waals surface area contributed by atoms with Gasteiger partial charge >= 0.3 is 6.18 Å². The number of benzene rings is 2. The summed E-state index contributed by atoms with van der Waals surface area (Å²) in [5.41, 5.74) is 2.44. The molecule has 0 atom stereocenters. The van der Waals surface area contributed by atoms with Crippen molar-refractivity contribution in [1.82, 2.24) is 15.0 Å². The molecule has 0 unspecified atom stereocenters. The van der Waals surface area contributed by atoms with Crippen LogP contribution in [0.3, 0.4) is 0 Å². The Kier molecular flexibility index (Phi) is 6.03. The van der Waals surface area contributed by atoms with Crippen molar-refractivity contribution >= 4 is 34.2 Å². The van der Waals surface area contributed by atoms with Crippen LogP contribution in [0.1, 0.15) is 18.4 Å². The van der Waals surface area contributed by atoms with E-state index in [0.717, 1.165) is 34.2 Å². The summed E-state index contributed by atoms with van der Waals surface area (Å²) in [5.74, 6) is 1.85. The maximum absolute atomic E-state index is 12.8. The number of alkyl halides is 3. The maximum atomic E-state index is 12.8. The van der Waals surface area contributed by atoms with E-state index in [4.69, 9.17) is 4.74 Å². The van der Waals surface area contributed by atoms with E-state index < -0.39 is 11.9 Å². The molecule has 0 saturated heterocycles. The first-order valence-corrected chi connectivity index (χ1v) is 10.5. The van der Waals surface area contributed by atoms with E-state index >= 15 is 0 Å². The molecule has 9 heteroatoms. The van der Waals surface area contributed by atoms with Gasteiger partial charge in [-0.3, -0.25) is 4.98 Å². The molecule has 0 bridgehead atoms. The summed E-state index contributed by atoms with van der Waals surface area (Å²) in [4.78, 5) is 11.6. The molecule has 0 amide bonds. The predicted molar refractivity (Wildman–Crippen MR) is 116 cm³/mol. The second-order valence-corrected chi connectivity index (χ2v) is 7.68. The lowest BCUT2D eigenvalue weighted by Gasteiger charge is -2.12. The molecule has 5 nitrogen and oxygen atoms in total. The highest BCUT2D eigenvalue weighted by molar-refractivity contribution is 7.98. The molecule has 0 fully saturated rings. The normalized spacial score (nSPS) is 11.6. The molecule has 31 heavy (non-hydrogen) atoms. The summed E-state index contributed by atoms with van der Waals surface area (Å²) in [6.07, 6.45) is -3.29. The molecule has 4 rings (SSSR count). The van der Waals surface area contributed by atoms with Gasteiger partial charge in [-0.1, -0.05) is 12.1 Å². The number of nitrogens with one attached hydrogen (secondary N) is 2. The van der Waals surface area contributed by atoms with Crippen molar-refractivity contribution in [2.45, 2.75) is 23.7 Å². The average Bonchev–Trinajstić information content (AvgIpc) is 3.16. The zero-order valence-electron chi connectivity index (χ0n) is 16.5. The number of halogens is 3. The molecule has 2 aromatic heterocycles. The van der Waals surface area contributed by atoms with Gasteiger partial charge in [0, 0.05) is 16.8 Å². The quantitative estimate of drug-likeness (QED) is 0.323. The Labute approximate surface area is 181 Å². The lowest BCUT2D eigenvalue weighted by molar-refractivity contribution is -0.141. The first-order valence-electron chi connectivity index (χ1n) is 9.56. The van der Waals surface area contributed by atoms with E-state index in [1.165, 1.54) is 18.0 Å². The van der Waals surface area contributed by atoms with Gasteiger partial charge in [-0.2, -0.15) is 13.2 Å². The van der Waals surface area contributed by atoms with Crippen molar-refractivity contribution < 1.29 is 17.9 Å². The van der Waals surface area contributed by atoms with E-state index in [1.54, 1.807) is 6.07 Å². The zero-order valence-corrected chi connectivity index (χ0v) is 17.3. The summed E-state index contributed by atoms with van der Waals surface area (Å²) < 4.78 is 44.1. The van der Waals surface area contributed by atoms with Crippen LogP contribution in [0.2, 0.25) is 0 Å². The Morgan fingerprint density at radius 1 is 1.10 bits per heavy atom. The highest BCUT2D eigenvalue weighted by atomic mass is 32.2. The van der Waals surface area contributed by atoms with E-state index in [2.05, 4.69) is 20.3 Å². The van der Waals surface area contributed by atoms with Gasteiger partial charge in [-0.15, -0.1) is 11.8 Å². The topological polar surface area (TPSA) is 62.8 Å². The van der Waals surface area contributed by atoms with E-state index in [1.807, 2.05) is 49.4 Å². The summed E-state index contributed by atoms with van der Waals surface area (Å²) >= 11 is 1.27. The van der Waals surface area contributed by atoms with Gasteiger partial charge in [0.15, 0.2) is 0 Å². The van der Waals surface area contributed by atoms with Gasteiger partial charge in [0.05, 0.1) is 29.1 Å². The highest BCUT2D eigenvalue weighted by Gasteiger charge is 2.32. The molecule has 0 aliphatic heterocycles. The minimum Gasteiger partial charge on any atom is -0.492 e. The molecule has 0 saturated carbocycles. The number of anilines is 2. The van der Waals surface area contributed by atoms with Gasteiger partial charge in [0.2, 0.25) is 0 Å². The zero-order chi connectivity index (χ0) is 21.8. The van der Waals surface area contributed by atoms with Crippen LogP contribution < -0.4 is 10.1 Å². The molecule has 4 aromatic rings. The number of fused-ring (bicyclic) bond motifs is 1. The first kappa shape index (κ1) is 21.0. The summed E-state index contributed by atoms with van der Waals surface area (Å²) in [7, 11) is 0. The van der Waals surface area contributed by atoms with Crippen LogP contribution in [-0.4, -0.2) is 21.6 Å². The number of ether oxygens (including phenoxy) is 1. The number of para-hydroxylation sites is 2. The van der Waals surface area contributed by atoms with Crippen molar-refractivity contribution in [3.8, 4) is 5.75 Å². The predicted octanol–water partition coefficient (Wildman–Crippen LogP) is 6.41. The average molecular weight is 444 g/mol. The van der Waals surface area contributed by atoms with Crippen LogP contribution in [-0.2, 0) is 11.9 Å². The maximum Gasteiger partial charge on any atom is 0.433 e. The van der Waals surface area contributed by atoms with Crippen molar-refractivity contribution in [3.63, 3.8) is 0 Å². The second-order valence-electron chi connectivity index (χ2n) is 6.63. The van der Waals surface area contributed by atoms with E-state index in [-0.39, 0.29) is 0 Å². The molecule has 0 aliphatic rings. The number of imidazole rings is 1. The Morgan fingerprint density at radius 2 is 1.94 bits per heavy atom. The van der Waals surface area contributed by atoms with Crippen molar-refractivity contribution in [2.24, 2.45) is 0 Å². The number of H-pyrrole nitrogens is 1. The fourth-order valence-corrected chi connectivity index (χ4v) is 3.82. The summed E-state index contributed by atoms with van der Waals surface area (Å²) in [5, 5.41) is 3.35. The van der Waals surface area contributed by atoms with Gasteiger partial charge < -0.3 is 15.0 Å². The number of nitrogens with zero attached hydrogens (tertiary/aromatic N) is 2. The Hall–Kier alpha value is -3.20. The van der Waals surface area contributed by atoms with Crippen LogP contribution in [0.4, 0.5) is 24.5 Å². The number of pyridine rings is 1. The molecule has 2 aromatic carbocycles. The molecule has 2 N–H and O–H groups in total. The number of aromatic nitrogens is 3. The molecule has 2 heterocycles. The van der Waals surface area contributed by atoms with Gasteiger partial charge in [-0.05, 0) is 49.4 Å². The first-order chi connectivity index (χ1) is 14.9. The number of aromatic amines is 1. The van der Waals surface area contributed by atoms with Crippen LogP contribution in [0.15, 0.2) is 65.7 Å². The Balaban J connectivity index is 1.48. The standard InChI is InChI=1S/C22H19F3N4OS/c1-2-30-19-6-4-3-5-17(19)27-14-7-8-16-18(11-14)29-21(28-16)13-31-15-9-10-26-20(12-15)22(23,24)25/h3-12,27H,2,13H2,1H3,(H,28,29). The third-order valence-corrected chi connectivity index (χ3v) is 5.40. The minimum atomic E-state index is -4.46. The van der Waals surface area contributed by atoms with Gasteiger partial charge in [0.1, 0.15) is 17.3 Å². The molecule has 0 radical (unpaired) electrons. The summed E-state index contributed by atoms with van der Waals surface area (Å²) in [6, 6.07) is 16.0. The highest BCUT2D eigenvalue weighted by Crippen LogP contribution is 2.32. The third kappa shape index (κ3) is 5.11. The van der Waals surface area contributed by atoms with Crippen LogP contribution in [0.25, 0.3) is 11.0 Å². The Bertz CT molecular complexity index is 1190. The van der Waals surface area contributed by atoms with Gasteiger partial charge in [0.25, 0.3) is 0 Å². The van der Waals surface area contributed by atoms with Crippen molar-refractivity contribution in [1.29, 1.82) is 0 Å². The SMILES string of the molecule is CCOc1ccccc1Nc1ccc2nc(CSc3ccnc(C(F)(F)F)c3)[nH]c2c1. The van der Waals surface area contributed by atoms with Crippen molar-refractivity contribution in [3.05, 3.63) is 72.3 Å². The summed E-state index contributed by atoms with van der Waals surface area (Å²) in [6.45, 7) is 2.50. The third-order valence-electron chi connectivity index (χ3n) is 4.39. The van der Waals surface area contributed by atoms with E-state index in [0.29, 0.717) is 23.1 Å². The number of rotatable bonds is 7. The number of thioether (sulfide) groups is 1. The number of hydrogen-bond donors (Lipinski definition) is 2. The largest absolute Gasteiger partial charge is 0.492 e. The molecule has 0 aliphatic carbocycles.